The number of hydrogen-bond acceptors (Lipinski definition) is 6. The highest BCUT2D eigenvalue weighted by Gasteiger charge is 2.15. The van der Waals surface area contributed by atoms with Crippen LogP contribution in [0.2, 0.25) is 5.02 Å². The van der Waals surface area contributed by atoms with Crippen LogP contribution in [0.3, 0.4) is 0 Å². The summed E-state index contributed by atoms with van der Waals surface area (Å²) in [4.78, 5) is 33.6. The summed E-state index contributed by atoms with van der Waals surface area (Å²) in [5.74, 6) is -1.13. The van der Waals surface area contributed by atoms with Gasteiger partial charge in [-0.15, -0.1) is 0 Å². The number of ether oxygens (including phenoxy) is 1. The van der Waals surface area contributed by atoms with Crippen molar-refractivity contribution in [3.63, 3.8) is 0 Å². The van der Waals surface area contributed by atoms with Crippen LogP contribution in [0.5, 0.6) is 5.75 Å². The molecule has 0 bridgehead atoms. The van der Waals surface area contributed by atoms with Crippen LogP contribution in [-0.4, -0.2) is 28.1 Å². The Bertz CT molecular complexity index is 1230. The lowest BCUT2D eigenvalue weighted by atomic mass is 10.1. The van der Waals surface area contributed by atoms with Gasteiger partial charge in [0.2, 0.25) is 5.91 Å². The van der Waals surface area contributed by atoms with Gasteiger partial charge in [-0.1, -0.05) is 41.9 Å². The average Bonchev–Trinajstić information content (AvgIpc) is 2.79. The fraction of sp³-hybridized carbons (Fsp3) is 0.0870. The van der Waals surface area contributed by atoms with E-state index in [2.05, 4.69) is 10.5 Å². The van der Waals surface area contributed by atoms with E-state index in [0.29, 0.717) is 21.9 Å². The first kappa shape index (κ1) is 23.4. The maximum atomic E-state index is 12.1. The van der Waals surface area contributed by atoms with Gasteiger partial charge in [0.25, 0.3) is 5.69 Å². The number of nitrogens with zero attached hydrogens (tertiary/aromatic N) is 2. The molecule has 0 aliphatic heterocycles. The first-order chi connectivity index (χ1) is 15.8. The molecule has 168 valence electrons. The van der Waals surface area contributed by atoms with Crippen LogP contribution in [0.15, 0.2) is 71.8 Å². The Morgan fingerprint density at radius 1 is 1.12 bits per heavy atom. The number of carboxylic acid groups (broad SMARTS) is 1. The van der Waals surface area contributed by atoms with Crippen LogP contribution in [0.25, 0.3) is 0 Å². The Hall–Kier alpha value is -4.24. The van der Waals surface area contributed by atoms with Crippen molar-refractivity contribution >= 4 is 35.4 Å². The Balaban J connectivity index is 1.56. The van der Waals surface area contributed by atoms with Crippen LogP contribution in [0, 0.1) is 10.1 Å². The van der Waals surface area contributed by atoms with E-state index in [1.54, 1.807) is 36.4 Å². The van der Waals surface area contributed by atoms with Gasteiger partial charge in [-0.2, -0.15) is 5.10 Å². The molecule has 0 radical (unpaired) electrons. The maximum Gasteiger partial charge on any atom is 0.335 e. The van der Waals surface area contributed by atoms with Gasteiger partial charge in [0.05, 0.1) is 28.1 Å². The summed E-state index contributed by atoms with van der Waals surface area (Å²) in [7, 11) is 0. The molecule has 0 atom stereocenters. The number of carboxylic acids is 1. The van der Waals surface area contributed by atoms with E-state index in [1.165, 1.54) is 36.5 Å². The number of amides is 1. The van der Waals surface area contributed by atoms with E-state index in [1.807, 2.05) is 0 Å². The minimum Gasteiger partial charge on any atom is -0.487 e. The number of hydrogen-bond donors (Lipinski definition) is 2. The molecule has 1 amide bonds. The molecule has 10 heteroatoms. The molecular weight excluding hydrogens is 450 g/mol. The summed E-state index contributed by atoms with van der Waals surface area (Å²) >= 11 is 6.24. The number of benzene rings is 3. The van der Waals surface area contributed by atoms with E-state index >= 15 is 0 Å². The highest BCUT2D eigenvalue weighted by atomic mass is 35.5. The van der Waals surface area contributed by atoms with Crippen LogP contribution in [-0.2, 0) is 17.8 Å². The topological polar surface area (TPSA) is 131 Å². The summed E-state index contributed by atoms with van der Waals surface area (Å²) in [6.45, 7) is 0.135. The molecule has 3 aromatic rings. The number of aromatic carboxylic acids is 1. The normalized spacial score (nSPS) is 10.7. The molecule has 2 N–H and O–H groups in total. The molecule has 0 aromatic heterocycles. The standard InChI is InChI=1S/C23H18ClN3O6/c24-19-11-15(8-9-21(19)33-14-16-4-3-6-18(10-16)23(29)30)13-25-26-22(28)12-17-5-1-2-7-20(17)27(31)32/h1-11,13H,12,14H2,(H,26,28)(H,29,30)/b25-13+. The number of hydrazone groups is 1. The number of halogens is 1. The van der Waals surface area contributed by atoms with Crippen molar-refractivity contribution in [1.29, 1.82) is 0 Å². The van der Waals surface area contributed by atoms with Gasteiger partial charge < -0.3 is 9.84 Å². The molecule has 0 spiro atoms. The molecule has 0 unspecified atom stereocenters. The zero-order valence-electron chi connectivity index (χ0n) is 17.1. The summed E-state index contributed by atoms with van der Waals surface area (Å²) < 4.78 is 5.66. The lowest BCUT2D eigenvalue weighted by Gasteiger charge is -2.09. The average molecular weight is 468 g/mol. The fourth-order valence-electron chi connectivity index (χ4n) is 2.90. The predicted octanol–water partition coefficient (Wildman–Crippen LogP) is 4.22. The van der Waals surface area contributed by atoms with E-state index < -0.39 is 16.8 Å². The number of nitro groups is 1. The van der Waals surface area contributed by atoms with E-state index in [9.17, 15) is 19.7 Å². The van der Waals surface area contributed by atoms with Crippen LogP contribution in [0.4, 0.5) is 5.69 Å². The lowest BCUT2D eigenvalue weighted by molar-refractivity contribution is -0.385. The molecule has 0 saturated carbocycles. The smallest absolute Gasteiger partial charge is 0.335 e. The molecule has 0 heterocycles. The fourth-order valence-corrected chi connectivity index (χ4v) is 3.14. The van der Waals surface area contributed by atoms with Crippen molar-refractivity contribution in [3.05, 3.63) is 104 Å². The van der Waals surface area contributed by atoms with Crippen molar-refractivity contribution in [2.75, 3.05) is 0 Å². The van der Waals surface area contributed by atoms with Crippen LogP contribution in [0.1, 0.15) is 27.0 Å². The molecule has 0 saturated heterocycles. The number of carbonyl (C=O) groups excluding carboxylic acids is 1. The Morgan fingerprint density at radius 2 is 1.91 bits per heavy atom. The number of nitrogens with one attached hydrogen (secondary N) is 1. The zero-order valence-corrected chi connectivity index (χ0v) is 17.9. The van der Waals surface area contributed by atoms with Gasteiger partial charge in [-0.05, 0) is 41.5 Å². The Morgan fingerprint density at radius 3 is 2.64 bits per heavy atom. The van der Waals surface area contributed by atoms with Gasteiger partial charge in [0.15, 0.2) is 0 Å². The molecule has 33 heavy (non-hydrogen) atoms. The highest BCUT2D eigenvalue weighted by Crippen LogP contribution is 2.26. The Kier molecular flexibility index (Phi) is 7.72. The summed E-state index contributed by atoms with van der Waals surface area (Å²) in [6, 6.07) is 17.3. The first-order valence-electron chi connectivity index (χ1n) is 9.62. The SMILES string of the molecule is O=C(Cc1ccccc1[N+](=O)[O-])N/N=C/c1ccc(OCc2cccc(C(=O)O)c2)c(Cl)c1. The van der Waals surface area contributed by atoms with Crippen LogP contribution < -0.4 is 10.2 Å². The second kappa shape index (κ2) is 10.9. The summed E-state index contributed by atoms with van der Waals surface area (Å²) in [5.41, 5.74) is 3.91. The predicted molar refractivity (Wildman–Crippen MR) is 122 cm³/mol. The number of nitro benzene ring substituents is 1. The van der Waals surface area contributed by atoms with E-state index in [0.717, 1.165) is 0 Å². The van der Waals surface area contributed by atoms with Crippen molar-refractivity contribution in [3.8, 4) is 5.75 Å². The number of para-hydroxylation sites is 1. The largest absolute Gasteiger partial charge is 0.487 e. The minimum absolute atomic E-state index is 0.131. The quantitative estimate of drug-likeness (QED) is 0.275. The first-order valence-corrected chi connectivity index (χ1v) is 10.00. The molecule has 3 aromatic carbocycles. The van der Waals surface area contributed by atoms with E-state index in [4.69, 9.17) is 21.4 Å². The third-order valence-electron chi connectivity index (χ3n) is 4.47. The van der Waals surface area contributed by atoms with Crippen molar-refractivity contribution < 1.29 is 24.4 Å². The second-order valence-corrected chi connectivity index (χ2v) is 7.25. The summed E-state index contributed by atoms with van der Waals surface area (Å²) in [5, 5.41) is 24.2. The Labute approximate surface area is 193 Å². The van der Waals surface area contributed by atoms with Gasteiger partial charge >= 0.3 is 5.97 Å². The third-order valence-corrected chi connectivity index (χ3v) is 4.76. The molecule has 0 aliphatic carbocycles. The number of carbonyl (C=O) groups is 2. The molecule has 3 rings (SSSR count). The molecular formula is C23H18ClN3O6. The molecule has 0 fully saturated rings. The number of rotatable bonds is 9. The summed E-state index contributed by atoms with van der Waals surface area (Å²) in [6.07, 6.45) is 1.19. The maximum absolute atomic E-state index is 12.1. The third kappa shape index (κ3) is 6.62. The van der Waals surface area contributed by atoms with Crippen molar-refractivity contribution in [1.82, 2.24) is 5.43 Å². The van der Waals surface area contributed by atoms with Crippen molar-refractivity contribution in [2.24, 2.45) is 5.10 Å². The monoisotopic (exact) mass is 467 g/mol. The highest BCUT2D eigenvalue weighted by molar-refractivity contribution is 6.32. The van der Waals surface area contributed by atoms with Gasteiger partial charge in [-0.25, -0.2) is 10.2 Å². The lowest BCUT2D eigenvalue weighted by Crippen LogP contribution is -2.20. The van der Waals surface area contributed by atoms with Gasteiger partial charge in [0, 0.05) is 11.6 Å². The van der Waals surface area contributed by atoms with Gasteiger partial charge in [0.1, 0.15) is 12.4 Å². The molecule has 0 aliphatic rings. The van der Waals surface area contributed by atoms with E-state index in [-0.39, 0.29) is 29.8 Å². The van der Waals surface area contributed by atoms with Crippen LogP contribution >= 0.6 is 11.6 Å². The van der Waals surface area contributed by atoms with Gasteiger partial charge in [-0.3, -0.25) is 14.9 Å². The molecule has 9 nitrogen and oxygen atoms in total. The second-order valence-electron chi connectivity index (χ2n) is 6.84. The zero-order chi connectivity index (χ0) is 23.8. The van der Waals surface area contributed by atoms with Crippen molar-refractivity contribution in [2.45, 2.75) is 13.0 Å². The minimum atomic E-state index is -1.02.